The quantitative estimate of drug-likeness (QED) is 0.796. The maximum atomic E-state index is 12.6. The number of hydrogen-bond donors (Lipinski definition) is 2. The molecule has 26 heavy (non-hydrogen) atoms. The van der Waals surface area contributed by atoms with Gasteiger partial charge in [-0.05, 0) is 31.5 Å². The average molecular weight is 419 g/mol. The monoisotopic (exact) mass is 417 g/mol. The molecule has 142 valence electrons. The summed E-state index contributed by atoms with van der Waals surface area (Å²) >= 11 is 12.6. The van der Waals surface area contributed by atoms with E-state index in [4.69, 9.17) is 23.2 Å². The Morgan fingerprint density at radius 2 is 2.04 bits per heavy atom. The molecule has 1 fully saturated rings. The normalized spacial score (nSPS) is 17.0. The molecule has 1 saturated heterocycles. The van der Waals surface area contributed by atoms with E-state index in [0.717, 1.165) is 25.9 Å². The van der Waals surface area contributed by atoms with Crippen LogP contribution in [0.2, 0.25) is 10.0 Å². The molecule has 0 spiro atoms. The molecule has 0 aliphatic carbocycles. The number of hydrogen-bond acceptors (Lipinski definition) is 4. The van der Waals surface area contributed by atoms with Gasteiger partial charge in [0.2, 0.25) is 5.82 Å². The predicted molar refractivity (Wildman–Crippen MR) is 106 cm³/mol. The molecule has 2 N–H and O–H groups in total. The number of piperidine rings is 1. The first-order valence-corrected chi connectivity index (χ1v) is 9.16. The number of nitrogens with zero attached hydrogens (tertiary/aromatic N) is 3. The largest absolute Gasteiger partial charge is 0.345 e. The highest BCUT2D eigenvalue weighted by atomic mass is 35.5. The van der Waals surface area contributed by atoms with Crippen LogP contribution in [0.5, 0.6) is 0 Å². The second-order valence-corrected chi connectivity index (χ2v) is 7.26. The summed E-state index contributed by atoms with van der Waals surface area (Å²) in [6.07, 6.45) is 1.99. The van der Waals surface area contributed by atoms with Crippen LogP contribution in [0.25, 0.3) is 5.69 Å². The van der Waals surface area contributed by atoms with E-state index < -0.39 is 0 Å². The number of benzene rings is 1. The van der Waals surface area contributed by atoms with Crippen molar-refractivity contribution in [3.8, 4) is 5.69 Å². The third-order valence-corrected chi connectivity index (χ3v) is 4.74. The zero-order valence-corrected chi connectivity index (χ0v) is 17.0. The van der Waals surface area contributed by atoms with Crippen molar-refractivity contribution in [2.75, 3.05) is 13.1 Å². The van der Waals surface area contributed by atoms with Crippen LogP contribution in [0.3, 0.4) is 0 Å². The van der Waals surface area contributed by atoms with Crippen molar-refractivity contribution in [2.45, 2.75) is 38.6 Å². The Balaban J connectivity index is 0.00000243. The molecule has 0 radical (unpaired) electrons. The smallest absolute Gasteiger partial charge is 0.291 e. The molecule has 2 aromatic rings. The minimum atomic E-state index is -0.280. The van der Waals surface area contributed by atoms with Gasteiger partial charge in [-0.25, -0.2) is 9.67 Å². The molecule has 3 rings (SSSR count). The van der Waals surface area contributed by atoms with Gasteiger partial charge in [-0.2, -0.15) is 0 Å². The van der Waals surface area contributed by atoms with Crippen LogP contribution in [0.1, 0.15) is 49.1 Å². The number of nitrogens with one attached hydrogen (secondary N) is 2. The van der Waals surface area contributed by atoms with Gasteiger partial charge in [-0.15, -0.1) is 17.5 Å². The van der Waals surface area contributed by atoms with Crippen LogP contribution < -0.4 is 10.6 Å². The molecule has 6 nitrogen and oxygen atoms in total. The van der Waals surface area contributed by atoms with Gasteiger partial charge in [-0.3, -0.25) is 4.79 Å². The Bertz CT molecular complexity index is 752. The molecule has 1 atom stereocenters. The Morgan fingerprint density at radius 1 is 1.35 bits per heavy atom. The molecular formula is C17H22Cl3N5O. The van der Waals surface area contributed by atoms with E-state index >= 15 is 0 Å². The lowest BCUT2D eigenvalue weighted by molar-refractivity contribution is 0.0920. The summed E-state index contributed by atoms with van der Waals surface area (Å²) in [4.78, 5) is 17.0. The minimum Gasteiger partial charge on any atom is -0.345 e. The van der Waals surface area contributed by atoms with E-state index in [1.807, 2.05) is 13.8 Å². The van der Waals surface area contributed by atoms with Crippen LogP contribution in [0, 0.1) is 0 Å². The highest BCUT2D eigenvalue weighted by Gasteiger charge is 2.24. The van der Waals surface area contributed by atoms with E-state index in [2.05, 4.69) is 20.7 Å². The first-order valence-electron chi connectivity index (χ1n) is 8.40. The van der Waals surface area contributed by atoms with Gasteiger partial charge in [-0.1, -0.05) is 43.1 Å². The van der Waals surface area contributed by atoms with Crippen molar-refractivity contribution < 1.29 is 4.79 Å². The van der Waals surface area contributed by atoms with Crippen LogP contribution in [0.4, 0.5) is 0 Å². The lowest BCUT2D eigenvalue weighted by Crippen LogP contribution is -2.45. The van der Waals surface area contributed by atoms with Crippen LogP contribution in [-0.2, 0) is 0 Å². The summed E-state index contributed by atoms with van der Waals surface area (Å²) in [7, 11) is 0. The fraction of sp³-hybridized carbons (Fsp3) is 0.471. The first kappa shape index (κ1) is 21.0. The Morgan fingerprint density at radius 3 is 2.62 bits per heavy atom. The van der Waals surface area contributed by atoms with Crippen molar-refractivity contribution >= 4 is 41.5 Å². The Hall–Kier alpha value is -1.34. The van der Waals surface area contributed by atoms with E-state index in [1.54, 1.807) is 22.9 Å². The summed E-state index contributed by atoms with van der Waals surface area (Å²) in [6, 6.07) is 5.34. The van der Waals surface area contributed by atoms with E-state index in [0.29, 0.717) is 21.6 Å². The number of carbonyl (C=O) groups excluding carboxylic acids is 1. The molecular weight excluding hydrogens is 397 g/mol. The highest BCUT2D eigenvalue weighted by molar-refractivity contribution is 6.37. The van der Waals surface area contributed by atoms with Crippen LogP contribution in [-0.4, -0.2) is 39.8 Å². The van der Waals surface area contributed by atoms with Crippen molar-refractivity contribution in [1.29, 1.82) is 0 Å². The first-order chi connectivity index (χ1) is 12.0. The summed E-state index contributed by atoms with van der Waals surface area (Å²) < 4.78 is 1.57. The fourth-order valence-corrected chi connectivity index (χ4v) is 3.43. The topological polar surface area (TPSA) is 71.8 Å². The molecule has 9 heteroatoms. The summed E-state index contributed by atoms with van der Waals surface area (Å²) in [5, 5.41) is 11.6. The maximum Gasteiger partial charge on any atom is 0.291 e. The van der Waals surface area contributed by atoms with Gasteiger partial charge < -0.3 is 10.6 Å². The molecule has 1 aliphatic heterocycles. The van der Waals surface area contributed by atoms with E-state index in [1.165, 1.54) is 0 Å². The molecule has 1 aromatic carbocycles. The molecule has 0 saturated carbocycles. The van der Waals surface area contributed by atoms with Crippen LogP contribution >= 0.6 is 35.6 Å². The van der Waals surface area contributed by atoms with Gasteiger partial charge >= 0.3 is 0 Å². The van der Waals surface area contributed by atoms with Crippen molar-refractivity contribution in [1.82, 2.24) is 25.4 Å². The summed E-state index contributed by atoms with van der Waals surface area (Å²) in [5.74, 6) is 0.544. The number of amides is 1. The van der Waals surface area contributed by atoms with Crippen molar-refractivity contribution in [3.05, 3.63) is 39.9 Å². The molecule has 2 heterocycles. The number of para-hydroxylation sites is 1. The standard InChI is InChI=1S/C17H21Cl2N5O.ClH/c1-10(2)16-22-15(17(25)21-11-5-4-8-20-9-11)23-24(16)14-12(18)6-3-7-13(14)19;/h3,6-7,10-11,20H,4-5,8-9H2,1-2H3,(H,21,25);1H. The lowest BCUT2D eigenvalue weighted by atomic mass is 10.1. The minimum absolute atomic E-state index is 0. The third-order valence-electron chi connectivity index (χ3n) is 4.13. The Kier molecular flexibility index (Phi) is 7.29. The zero-order chi connectivity index (χ0) is 18.0. The zero-order valence-electron chi connectivity index (χ0n) is 14.6. The number of aromatic nitrogens is 3. The van der Waals surface area contributed by atoms with Gasteiger partial charge in [0.15, 0.2) is 0 Å². The number of halogens is 3. The van der Waals surface area contributed by atoms with Crippen LogP contribution in [0.15, 0.2) is 18.2 Å². The molecule has 1 aliphatic rings. The molecule has 1 amide bonds. The maximum absolute atomic E-state index is 12.6. The second-order valence-electron chi connectivity index (χ2n) is 6.45. The Labute approximate surface area is 169 Å². The molecule has 0 bridgehead atoms. The lowest BCUT2D eigenvalue weighted by Gasteiger charge is -2.23. The van der Waals surface area contributed by atoms with Crippen molar-refractivity contribution in [3.63, 3.8) is 0 Å². The number of carbonyl (C=O) groups is 1. The fourth-order valence-electron chi connectivity index (χ4n) is 2.87. The average Bonchev–Trinajstić information content (AvgIpc) is 3.01. The molecule has 1 aromatic heterocycles. The summed E-state index contributed by atoms with van der Waals surface area (Å²) in [5.41, 5.74) is 0.542. The van der Waals surface area contributed by atoms with Gasteiger partial charge in [0, 0.05) is 18.5 Å². The van der Waals surface area contributed by atoms with E-state index in [-0.39, 0.29) is 36.1 Å². The second kappa shape index (κ2) is 9.04. The predicted octanol–water partition coefficient (Wildman–Crippen LogP) is 3.60. The molecule has 1 unspecified atom stereocenters. The van der Waals surface area contributed by atoms with Gasteiger partial charge in [0.1, 0.15) is 11.5 Å². The van der Waals surface area contributed by atoms with Gasteiger partial charge in [0.05, 0.1) is 10.0 Å². The number of rotatable bonds is 4. The van der Waals surface area contributed by atoms with E-state index in [9.17, 15) is 4.79 Å². The highest BCUT2D eigenvalue weighted by Crippen LogP contribution is 2.30. The third kappa shape index (κ3) is 4.49. The SMILES string of the molecule is CC(C)c1nc(C(=O)NC2CCCNC2)nn1-c1c(Cl)cccc1Cl.Cl. The van der Waals surface area contributed by atoms with Gasteiger partial charge in [0.25, 0.3) is 5.91 Å². The summed E-state index contributed by atoms with van der Waals surface area (Å²) in [6.45, 7) is 5.72. The van der Waals surface area contributed by atoms with Crippen molar-refractivity contribution in [2.24, 2.45) is 0 Å².